The van der Waals surface area contributed by atoms with Crippen LogP contribution >= 0.6 is 0 Å². The lowest BCUT2D eigenvalue weighted by Crippen LogP contribution is -2.85. The third kappa shape index (κ3) is 2.57. The minimum absolute atomic E-state index is 0.0261. The van der Waals surface area contributed by atoms with E-state index in [1.165, 1.54) is 24.8 Å². The fraction of sp³-hybridized carbons (Fsp3) is 0.722. The predicted molar refractivity (Wildman–Crippen MR) is 82.5 cm³/mol. The molecule has 1 aliphatic heterocycles. The highest BCUT2D eigenvalue weighted by molar-refractivity contribution is 5.75. The molecule has 0 radical (unpaired) electrons. The van der Waals surface area contributed by atoms with E-state index in [9.17, 15) is 4.79 Å². The zero-order valence-corrected chi connectivity index (χ0v) is 13.1. The molecule has 5 atom stereocenters. The van der Waals surface area contributed by atoms with Crippen molar-refractivity contribution in [2.75, 3.05) is 13.1 Å². The van der Waals surface area contributed by atoms with Crippen LogP contribution in [0.5, 0.6) is 0 Å². The second kappa shape index (κ2) is 5.60. The van der Waals surface area contributed by atoms with Crippen molar-refractivity contribution < 1.29 is 14.8 Å². The summed E-state index contributed by atoms with van der Waals surface area (Å²) in [7, 11) is 0. The molecule has 1 saturated heterocycles. The van der Waals surface area contributed by atoms with Gasteiger partial charge in [0.05, 0.1) is 13.1 Å². The van der Waals surface area contributed by atoms with E-state index in [1.54, 1.807) is 0 Å². The van der Waals surface area contributed by atoms with Gasteiger partial charge in [-0.3, -0.25) is 4.79 Å². The maximum absolute atomic E-state index is 12.2. The summed E-state index contributed by atoms with van der Waals surface area (Å²) in [5, 5.41) is 2.17. The van der Waals surface area contributed by atoms with Crippen LogP contribution in [-0.2, 0) is 9.53 Å². The smallest absolute Gasteiger partial charge is 0.315 e. The average Bonchev–Trinajstić information content (AvgIpc) is 2.72. The predicted octanol–water partition coefficient (Wildman–Crippen LogP) is 2.05. The second-order valence-electron chi connectivity index (χ2n) is 7.45. The molecule has 2 aliphatic carbocycles. The molecule has 0 aromatic rings. The molecule has 2 saturated carbocycles. The first kappa shape index (κ1) is 14.8. The highest BCUT2D eigenvalue weighted by Gasteiger charge is 2.55. The molecule has 0 unspecified atom stereocenters. The highest BCUT2D eigenvalue weighted by atomic mass is 16.6. The van der Waals surface area contributed by atoms with Crippen LogP contribution in [0.3, 0.4) is 0 Å². The van der Waals surface area contributed by atoms with E-state index < -0.39 is 0 Å². The number of quaternary nitrogens is 1. The fourth-order valence-electron chi connectivity index (χ4n) is 4.92. The molecule has 3 rings (SSSR count). The Kier molecular flexibility index (Phi) is 3.96. The average molecular weight is 290 g/mol. The number of nitrogens with two attached hydrogens (primary N) is 1. The Bertz CT molecular complexity index is 458. The summed E-state index contributed by atoms with van der Waals surface area (Å²) in [6.07, 6.45) is 7.83. The van der Waals surface area contributed by atoms with Crippen molar-refractivity contribution in [1.82, 2.24) is 0 Å². The Balaban J connectivity index is 1.75. The number of rotatable bonds is 4. The number of fused-ring (bicyclic) bond motifs is 2. The molecule has 0 aromatic carbocycles. The van der Waals surface area contributed by atoms with Crippen molar-refractivity contribution in [3.8, 4) is 0 Å². The molecule has 21 heavy (non-hydrogen) atoms. The molecular weight excluding hydrogens is 262 g/mol. The van der Waals surface area contributed by atoms with Crippen LogP contribution in [0.25, 0.3) is 0 Å². The van der Waals surface area contributed by atoms with Crippen molar-refractivity contribution in [1.29, 1.82) is 0 Å². The third-order valence-electron chi connectivity index (χ3n) is 6.07. The van der Waals surface area contributed by atoms with Crippen LogP contribution in [0, 0.1) is 23.2 Å². The lowest BCUT2D eigenvalue weighted by atomic mass is 9.55. The maximum Gasteiger partial charge on any atom is 0.315 e. The van der Waals surface area contributed by atoms with Gasteiger partial charge in [-0.05, 0) is 49.5 Å². The molecule has 3 heteroatoms. The molecule has 3 fully saturated rings. The van der Waals surface area contributed by atoms with Gasteiger partial charge in [-0.2, -0.15) is 0 Å². The minimum Gasteiger partial charge on any atom is -0.462 e. The molecule has 0 aromatic heterocycles. The van der Waals surface area contributed by atoms with Gasteiger partial charge in [0, 0.05) is 5.92 Å². The van der Waals surface area contributed by atoms with Crippen molar-refractivity contribution in [3.63, 3.8) is 0 Å². The summed E-state index contributed by atoms with van der Waals surface area (Å²) >= 11 is 0. The first-order valence-electron chi connectivity index (χ1n) is 8.36. The first-order chi connectivity index (χ1) is 10.0. The summed E-state index contributed by atoms with van der Waals surface area (Å²) in [4.78, 5) is 12.2. The van der Waals surface area contributed by atoms with E-state index in [1.807, 2.05) is 6.08 Å². The van der Waals surface area contributed by atoms with E-state index >= 15 is 0 Å². The van der Waals surface area contributed by atoms with Gasteiger partial charge in [0.15, 0.2) is 0 Å². The van der Waals surface area contributed by atoms with Crippen LogP contribution in [-0.4, -0.2) is 25.2 Å². The largest absolute Gasteiger partial charge is 0.462 e. The molecule has 0 amide bonds. The molecule has 0 spiro atoms. The molecule has 3 nitrogen and oxygen atoms in total. The number of hydrogen-bond donors (Lipinski definition) is 1. The fourth-order valence-corrected chi connectivity index (χ4v) is 4.92. The molecule has 1 heterocycles. The Morgan fingerprint density at radius 3 is 3.10 bits per heavy atom. The number of carbonyl (C=O) groups excluding carboxylic acids is 1. The Morgan fingerprint density at radius 2 is 2.33 bits per heavy atom. The second-order valence-corrected chi connectivity index (χ2v) is 7.45. The summed E-state index contributed by atoms with van der Waals surface area (Å²) in [6, 6.07) is 0. The van der Waals surface area contributed by atoms with Gasteiger partial charge < -0.3 is 10.1 Å². The van der Waals surface area contributed by atoms with Crippen LogP contribution in [0.15, 0.2) is 24.8 Å². The van der Waals surface area contributed by atoms with Gasteiger partial charge in [0.2, 0.25) is 0 Å². The number of esters is 1. The monoisotopic (exact) mass is 290 g/mol. The van der Waals surface area contributed by atoms with Gasteiger partial charge in [0.25, 0.3) is 0 Å². The van der Waals surface area contributed by atoms with Crippen molar-refractivity contribution in [2.45, 2.75) is 45.1 Å². The topological polar surface area (TPSA) is 42.9 Å². The summed E-state index contributed by atoms with van der Waals surface area (Å²) in [6.45, 7) is 12.2. The number of carbonyl (C=O) groups is 1. The van der Waals surface area contributed by atoms with Crippen molar-refractivity contribution >= 4 is 5.97 Å². The van der Waals surface area contributed by atoms with Gasteiger partial charge >= 0.3 is 5.97 Å². The quantitative estimate of drug-likeness (QED) is 0.489. The van der Waals surface area contributed by atoms with Gasteiger partial charge in [-0.25, -0.2) is 0 Å². The third-order valence-corrected chi connectivity index (χ3v) is 6.07. The lowest BCUT2D eigenvalue weighted by molar-refractivity contribution is -0.650. The maximum atomic E-state index is 12.2. The van der Waals surface area contributed by atoms with E-state index in [-0.39, 0.29) is 18.0 Å². The molecule has 3 aliphatic rings. The minimum atomic E-state index is 0.0261. The lowest BCUT2D eigenvalue weighted by Gasteiger charge is -2.49. The van der Waals surface area contributed by atoms with Crippen LogP contribution in [0.2, 0.25) is 0 Å². The Morgan fingerprint density at radius 1 is 1.52 bits per heavy atom. The summed E-state index contributed by atoms with van der Waals surface area (Å²) in [5.41, 5.74) is 1.71. The van der Waals surface area contributed by atoms with E-state index in [4.69, 9.17) is 4.74 Å². The highest BCUT2D eigenvalue weighted by Crippen LogP contribution is 2.56. The molecule has 2 N–H and O–H groups in total. The van der Waals surface area contributed by atoms with Gasteiger partial charge in [-0.1, -0.05) is 25.7 Å². The summed E-state index contributed by atoms with van der Waals surface area (Å²) < 4.78 is 5.74. The SMILES string of the molecule is C=CC[NH2+]C[C@H]1C(=O)O[C@@H]2C[C@@]3(C)CCCC(=C)[C@H]3C[C@@H]21. The van der Waals surface area contributed by atoms with E-state index in [0.717, 1.165) is 25.9 Å². The van der Waals surface area contributed by atoms with Gasteiger partial charge in [0.1, 0.15) is 12.0 Å². The van der Waals surface area contributed by atoms with Crippen molar-refractivity contribution in [3.05, 3.63) is 24.8 Å². The molecule has 116 valence electrons. The Labute approximate surface area is 127 Å². The molecular formula is C18H28NO2+. The van der Waals surface area contributed by atoms with Crippen LogP contribution in [0.1, 0.15) is 39.0 Å². The van der Waals surface area contributed by atoms with Crippen LogP contribution in [0.4, 0.5) is 0 Å². The molecule has 0 bridgehead atoms. The zero-order chi connectivity index (χ0) is 15.0. The number of ether oxygens (including phenoxy) is 1. The normalized spacial score (nSPS) is 42.1. The van der Waals surface area contributed by atoms with E-state index in [0.29, 0.717) is 17.3 Å². The van der Waals surface area contributed by atoms with Crippen LogP contribution < -0.4 is 5.32 Å². The zero-order valence-electron chi connectivity index (χ0n) is 13.1. The van der Waals surface area contributed by atoms with Gasteiger partial charge in [-0.15, -0.1) is 0 Å². The van der Waals surface area contributed by atoms with E-state index in [2.05, 4.69) is 25.4 Å². The number of allylic oxidation sites excluding steroid dienone is 1. The summed E-state index contributed by atoms with van der Waals surface area (Å²) in [5.74, 6) is 1.07. The standard InChI is InChI=1S/C18H27NO2/c1-4-8-19-11-14-13-9-15-12(2)6-5-7-18(15,3)10-16(13)21-17(14)20/h4,13-16,19H,1-2,5-11H2,3H3/p+1/t13-,14-,15-,16-,18-/m1/s1. The van der Waals surface area contributed by atoms with Crippen molar-refractivity contribution in [2.24, 2.45) is 23.2 Å². The number of hydrogen-bond acceptors (Lipinski definition) is 2. The first-order valence-corrected chi connectivity index (χ1v) is 8.36. The Hall–Kier alpha value is -1.09.